The van der Waals surface area contributed by atoms with E-state index >= 15 is 0 Å². The first kappa shape index (κ1) is 19.7. The minimum Gasteiger partial charge on any atom is -0.488 e. The highest BCUT2D eigenvalue weighted by Gasteiger charge is 2.37. The Hall–Kier alpha value is -3.56. The molecule has 3 heterocycles. The van der Waals surface area contributed by atoms with Crippen molar-refractivity contribution in [3.8, 4) is 5.75 Å². The number of anilines is 1. The van der Waals surface area contributed by atoms with Gasteiger partial charge in [-0.3, -0.25) is 4.79 Å². The SMILES string of the molecule is Cc1cc(F)c2c(c1)OC[C@](C=O)(NC(=O)c1ncc3cnn(C(C)C)c3n1)CN2. The minimum atomic E-state index is -1.42. The molecule has 156 valence electrons. The molecule has 0 bridgehead atoms. The number of carbonyl (C=O) groups excluding carboxylic acids is 2. The van der Waals surface area contributed by atoms with Gasteiger partial charge in [-0.25, -0.2) is 19.0 Å². The number of rotatable bonds is 4. The van der Waals surface area contributed by atoms with Crippen molar-refractivity contribution in [2.45, 2.75) is 32.4 Å². The van der Waals surface area contributed by atoms with Gasteiger partial charge >= 0.3 is 0 Å². The van der Waals surface area contributed by atoms with Gasteiger partial charge in [-0.05, 0) is 38.5 Å². The molecule has 0 radical (unpaired) electrons. The maximum absolute atomic E-state index is 14.3. The van der Waals surface area contributed by atoms with Crippen molar-refractivity contribution in [1.29, 1.82) is 0 Å². The molecule has 2 aromatic heterocycles. The van der Waals surface area contributed by atoms with Crippen LogP contribution in [-0.2, 0) is 4.79 Å². The van der Waals surface area contributed by atoms with Crippen molar-refractivity contribution in [1.82, 2.24) is 25.1 Å². The largest absolute Gasteiger partial charge is 0.488 e. The molecule has 1 aromatic carbocycles. The van der Waals surface area contributed by atoms with Crippen LogP contribution in [0.3, 0.4) is 0 Å². The second-order valence-corrected chi connectivity index (χ2v) is 7.65. The summed E-state index contributed by atoms with van der Waals surface area (Å²) < 4.78 is 21.6. The average molecular weight is 412 g/mol. The zero-order valence-electron chi connectivity index (χ0n) is 16.8. The Labute approximate surface area is 171 Å². The maximum atomic E-state index is 14.3. The molecule has 0 spiro atoms. The molecular formula is C20H21FN6O3. The van der Waals surface area contributed by atoms with Crippen molar-refractivity contribution < 1.29 is 18.7 Å². The average Bonchev–Trinajstić information content (AvgIpc) is 3.05. The lowest BCUT2D eigenvalue weighted by molar-refractivity contribution is -0.113. The number of aryl methyl sites for hydroxylation is 1. The first-order chi connectivity index (χ1) is 14.3. The molecule has 2 N–H and O–H groups in total. The van der Waals surface area contributed by atoms with Crippen LogP contribution in [0.4, 0.5) is 10.1 Å². The third-order valence-electron chi connectivity index (χ3n) is 4.88. The Morgan fingerprint density at radius 3 is 2.93 bits per heavy atom. The van der Waals surface area contributed by atoms with Crippen molar-refractivity contribution in [3.63, 3.8) is 0 Å². The van der Waals surface area contributed by atoms with Gasteiger partial charge in [0.2, 0.25) is 5.82 Å². The Morgan fingerprint density at radius 2 is 2.20 bits per heavy atom. The number of carbonyl (C=O) groups is 2. The van der Waals surface area contributed by atoms with Crippen LogP contribution in [0.15, 0.2) is 24.5 Å². The number of ether oxygens (including phenoxy) is 1. The number of nitrogens with one attached hydrogen (secondary N) is 2. The van der Waals surface area contributed by atoms with Gasteiger partial charge in [0.1, 0.15) is 29.4 Å². The standard InChI is InChI=1S/C20H21FN6O3/c1-11(2)27-18-13(7-24-27)6-22-17(25-18)19(29)26-20(9-28)8-23-16-14(21)4-12(3)5-15(16)30-10-20/h4-7,9,11,23H,8,10H2,1-3H3,(H,26,29)/t20-/m0/s1. The summed E-state index contributed by atoms with van der Waals surface area (Å²) in [5, 5.41) is 10.5. The molecule has 1 amide bonds. The van der Waals surface area contributed by atoms with E-state index in [4.69, 9.17) is 4.74 Å². The number of nitrogens with zero attached hydrogens (tertiary/aromatic N) is 4. The van der Waals surface area contributed by atoms with Crippen LogP contribution in [0.25, 0.3) is 11.0 Å². The van der Waals surface area contributed by atoms with Crippen molar-refractivity contribution in [2.24, 2.45) is 0 Å². The first-order valence-corrected chi connectivity index (χ1v) is 9.48. The van der Waals surface area contributed by atoms with Gasteiger partial charge in [-0.15, -0.1) is 0 Å². The monoisotopic (exact) mass is 412 g/mol. The van der Waals surface area contributed by atoms with Crippen LogP contribution in [0.5, 0.6) is 5.75 Å². The molecule has 3 aromatic rings. The molecule has 0 saturated heterocycles. The molecule has 30 heavy (non-hydrogen) atoms. The van der Waals surface area contributed by atoms with Crippen molar-refractivity contribution in [2.75, 3.05) is 18.5 Å². The predicted molar refractivity (Wildman–Crippen MR) is 107 cm³/mol. The van der Waals surface area contributed by atoms with Crippen LogP contribution in [-0.4, -0.2) is 50.6 Å². The zero-order chi connectivity index (χ0) is 21.5. The van der Waals surface area contributed by atoms with Gasteiger partial charge in [-0.1, -0.05) is 0 Å². The third-order valence-corrected chi connectivity index (χ3v) is 4.88. The molecule has 4 rings (SSSR count). The Bertz CT molecular complexity index is 1150. The third kappa shape index (κ3) is 3.44. The predicted octanol–water partition coefficient (Wildman–Crippen LogP) is 2.03. The quantitative estimate of drug-likeness (QED) is 0.631. The van der Waals surface area contributed by atoms with Crippen LogP contribution in [0.1, 0.15) is 36.1 Å². The molecule has 0 unspecified atom stereocenters. The second-order valence-electron chi connectivity index (χ2n) is 7.65. The number of aromatic nitrogens is 4. The van der Waals surface area contributed by atoms with E-state index in [0.717, 1.165) is 0 Å². The summed E-state index contributed by atoms with van der Waals surface area (Å²) in [7, 11) is 0. The van der Waals surface area contributed by atoms with Crippen molar-refractivity contribution in [3.05, 3.63) is 41.7 Å². The van der Waals surface area contributed by atoms with Crippen LogP contribution in [0, 0.1) is 12.7 Å². The zero-order valence-corrected chi connectivity index (χ0v) is 16.8. The number of benzene rings is 1. The summed E-state index contributed by atoms with van der Waals surface area (Å²) in [5.41, 5.74) is -0.0747. The first-order valence-electron chi connectivity index (χ1n) is 9.48. The fraction of sp³-hybridized carbons (Fsp3) is 0.350. The number of halogens is 1. The molecular weight excluding hydrogens is 391 g/mol. The van der Waals surface area contributed by atoms with Gasteiger partial charge in [-0.2, -0.15) is 5.10 Å². The summed E-state index contributed by atoms with van der Waals surface area (Å²) >= 11 is 0. The summed E-state index contributed by atoms with van der Waals surface area (Å²) in [4.78, 5) is 33.2. The molecule has 1 atom stereocenters. The lowest BCUT2D eigenvalue weighted by Crippen LogP contribution is -2.58. The highest BCUT2D eigenvalue weighted by Crippen LogP contribution is 2.32. The van der Waals surface area contributed by atoms with E-state index in [-0.39, 0.29) is 36.5 Å². The molecule has 1 aliphatic heterocycles. The lowest BCUT2D eigenvalue weighted by Gasteiger charge is -2.26. The fourth-order valence-corrected chi connectivity index (χ4v) is 3.29. The Morgan fingerprint density at radius 1 is 1.40 bits per heavy atom. The molecule has 0 fully saturated rings. The van der Waals surface area contributed by atoms with E-state index in [2.05, 4.69) is 25.7 Å². The second kappa shape index (κ2) is 7.36. The van der Waals surface area contributed by atoms with Crippen LogP contribution >= 0.6 is 0 Å². The summed E-state index contributed by atoms with van der Waals surface area (Å²) in [6, 6.07) is 3.08. The van der Waals surface area contributed by atoms with E-state index in [1.807, 2.05) is 13.8 Å². The Balaban J connectivity index is 1.60. The minimum absolute atomic E-state index is 0.0472. The van der Waals surface area contributed by atoms with E-state index < -0.39 is 17.3 Å². The summed E-state index contributed by atoms with van der Waals surface area (Å²) in [5.74, 6) is -0.957. The molecule has 10 heteroatoms. The summed E-state index contributed by atoms with van der Waals surface area (Å²) in [6.07, 6.45) is 3.71. The van der Waals surface area contributed by atoms with E-state index in [9.17, 15) is 14.0 Å². The topological polar surface area (TPSA) is 111 Å². The van der Waals surface area contributed by atoms with Gasteiger partial charge in [0.15, 0.2) is 11.9 Å². The highest BCUT2D eigenvalue weighted by atomic mass is 19.1. The Kier molecular flexibility index (Phi) is 4.84. The molecule has 0 aliphatic carbocycles. The smallest absolute Gasteiger partial charge is 0.290 e. The van der Waals surface area contributed by atoms with E-state index in [1.165, 1.54) is 12.3 Å². The normalized spacial score (nSPS) is 18.3. The number of hydrogen-bond acceptors (Lipinski definition) is 7. The van der Waals surface area contributed by atoms with Gasteiger partial charge < -0.3 is 20.2 Å². The molecule has 9 nitrogen and oxygen atoms in total. The van der Waals surface area contributed by atoms with Gasteiger partial charge in [0.25, 0.3) is 5.91 Å². The molecule has 1 aliphatic rings. The number of fused-ring (bicyclic) bond motifs is 2. The van der Waals surface area contributed by atoms with Gasteiger partial charge in [0, 0.05) is 18.8 Å². The van der Waals surface area contributed by atoms with E-state index in [1.54, 1.807) is 23.9 Å². The van der Waals surface area contributed by atoms with Crippen molar-refractivity contribution >= 4 is 28.9 Å². The summed E-state index contributed by atoms with van der Waals surface area (Å²) in [6.45, 7) is 5.41. The van der Waals surface area contributed by atoms with Gasteiger partial charge in [0.05, 0.1) is 11.6 Å². The van der Waals surface area contributed by atoms with Crippen LogP contribution < -0.4 is 15.4 Å². The number of aldehydes is 1. The number of amides is 1. The highest BCUT2D eigenvalue weighted by molar-refractivity contribution is 5.95. The lowest BCUT2D eigenvalue weighted by atomic mass is 10.0. The maximum Gasteiger partial charge on any atom is 0.290 e. The molecule has 0 saturated carbocycles. The fourth-order valence-electron chi connectivity index (χ4n) is 3.29. The van der Waals surface area contributed by atoms with Crippen LogP contribution in [0.2, 0.25) is 0 Å². The number of hydrogen-bond donors (Lipinski definition) is 2. The van der Waals surface area contributed by atoms with E-state index in [0.29, 0.717) is 22.9 Å².